The van der Waals surface area contributed by atoms with Crippen molar-refractivity contribution in [3.63, 3.8) is 0 Å². The molecule has 0 radical (unpaired) electrons. The maximum Gasteiger partial charge on any atom is 0.0963 e. The molecule has 1 aliphatic carbocycles. The lowest BCUT2D eigenvalue weighted by Gasteiger charge is -2.19. The van der Waals surface area contributed by atoms with Crippen LogP contribution in [-0.2, 0) is 0 Å². The van der Waals surface area contributed by atoms with E-state index in [9.17, 15) is 0 Å². The van der Waals surface area contributed by atoms with Gasteiger partial charge in [-0.3, -0.25) is 0 Å². The highest BCUT2D eigenvalue weighted by Crippen LogP contribution is 2.32. The molecule has 0 heterocycles. The number of allylic oxidation sites excluding steroid dienone is 3. The van der Waals surface area contributed by atoms with Crippen molar-refractivity contribution >= 4 is 0 Å². The van der Waals surface area contributed by atoms with Gasteiger partial charge in [-0.15, -0.1) is 0 Å². The molecule has 1 aliphatic rings. The second-order valence-corrected chi connectivity index (χ2v) is 3.78. The summed E-state index contributed by atoms with van der Waals surface area (Å²) < 4.78 is 0. The van der Waals surface area contributed by atoms with Gasteiger partial charge in [0.2, 0.25) is 0 Å². The highest BCUT2D eigenvalue weighted by Gasteiger charge is 2.19. The van der Waals surface area contributed by atoms with E-state index in [1.807, 2.05) is 6.08 Å². The van der Waals surface area contributed by atoms with E-state index in [0.717, 1.165) is 6.42 Å². The first-order valence-electron chi connectivity index (χ1n) is 3.59. The van der Waals surface area contributed by atoms with Gasteiger partial charge in [0.15, 0.2) is 0 Å². The molecule has 0 unspecified atom stereocenters. The number of aliphatic hydroxyl groups excluding tert-OH is 1. The molecule has 1 heteroatoms. The van der Waals surface area contributed by atoms with Crippen molar-refractivity contribution < 1.29 is 5.11 Å². The van der Waals surface area contributed by atoms with Gasteiger partial charge in [-0.25, -0.2) is 0 Å². The molecule has 10 heavy (non-hydrogen) atoms. The van der Waals surface area contributed by atoms with Crippen molar-refractivity contribution in [3.05, 3.63) is 23.5 Å². The average molecular weight is 138 g/mol. The Balaban J connectivity index is 2.66. The van der Waals surface area contributed by atoms with Crippen molar-refractivity contribution in [2.75, 3.05) is 0 Å². The molecule has 0 fully saturated rings. The molecule has 1 nitrogen and oxygen atoms in total. The van der Waals surface area contributed by atoms with Crippen molar-refractivity contribution in [1.82, 2.24) is 0 Å². The molecule has 0 aromatic carbocycles. The standard InChI is InChI=1S/C9H14O/c1-9(2,3)7-4-5-8(10)6-7/h4-5,10H,6H2,1-3H3. The fourth-order valence-corrected chi connectivity index (χ4v) is 1.02. The Morgan fingerprint density at radius 1 is 1.30 bits per heavy atom. The van der Waals surface area contributed by atoms with Gasteiger partial charge in [-0.1, -0.05) is 32.4 Å². The SMILES string of the molecule is CC(C)(C)C1=CC=C(O)C1. The van der Waals surface area contributed by atoms with E-state index in [1.165, 1.54) is 5.57 Å². The monoisotopic (exact) mass is 138 g/mol. The summed E-state index contributed by atoms with van der Waals surface area (Å²) >= 11 is 0. The van der Waals surface area contributed by atoms with Crippen LogP contribution in [0.5, 0.6) is 0 Å². The highest BCUT2D eigenvalue weighted by atomic mass is 16.3. The molecule has 0 aromatic heterocycles. The van der Waals surface area contributed by atoms with Gasteiger partial charge in [-0.2, -0.15) is 0 Å². The summed E-state index contributed by atoms with van der Waals surface area (Å²) in [4.78, 5) is 0. The zero-order chi connectivity index (χ0) is 7.78. The van der Waals surface area contributed by atoms with Crippen molar-refractivity contribution in [2.45, 2.75) is 27.2 Å². The Hall–Kier alpha value is -0.720. The predicted octanol–water partition coefficient (Wildman–Crippen LogP) is 2.80. The molecule has 0 atom stereocenters. The molecule has 0 aliphatic heterocycles. The van der Waals surface area contributed by atoms with Crippen molar-refractivity contribution in [3.8, 4) is 0 Å². The normalized spacial score (nSPS) is 18.7. The molecule has 0 bridgehead atoms. The number of hydrogen-bond acceptors (Lipinski definition) is 1. The number of rotatable bonds is 0. The van der Waals surface area contributed by atoms with E-state index in [-0.39, 0.29) is 5.41 Å². The topological polar surface area (TPSA) is 20.2 Å². The van der Waals surface area contributed by atoms with Gasteiger partial charge in [-0.05, 0) is 11.5 Å². The first kappa shape index (κ1) is 7.39. The predicted molar refractivity (Wildman–Crippen MR) is 42.9 cm³/mol. The fraction of sp³-hybridized carbons (Fsp3) is 0.556. The van der Waals surface area contributed by atoms with Crippen LogP contribution in [0.15, 0.2) is 23.5 Å². The summed E-state index contributed by atoms with van der Waals surface area (Å²) in [5.74, 6) is 0.491. The third kappa shape index (κ3) is 1.41. The van der Waals surface area contributed by atoms with Gasteiger partial charge in [0.25, 0.3) is 0 Å². The highest BCUT2D eigenvalue weighted by molar-refractivity contribution is 5.29. The minimum Gasteiger partial charge on any atom is -0.512 e. The van der Waals surface area contributed by atoms with Crippen LogP contribution in [0, 0.1) is 5.41 Å². The van der Waals surface area contributed by atoms with Gasteiger partial charge in [0.05, 0.1) is 5.76 Å². The lowest BCUT2D eigenvalue weighted by Crippen LogP contribution is -2.07. The van der Waals surface area contributed by atoms with Gasteiger partial charge in [0, 0.05) is 6.42 Å². The molecule has 56 valence electrons. The maximum atomic E-state index is 9.07. The summed E-state index contributed by atoms with van der Waals surface area (Å²) in [6.07, 6.45) is 4.53. The molecular weight excluding hydrogens is 124 g/mol. The van der Waals surface area contributed by atoms with Crippen molar-refractivity contribution in [2.24, 2.45) is 5.41 Å². The molecule has 1 N–H and O–H groups in total. The molecule has 0 spiro atoms. The van der Waals surface area contributed by atoms with Gasteiger partial charge in [0.1, 0.15) is 0 Å². The van der Waals surface area contributed by atoms with E-state index in [4.69, 9.17) is 5.11 Å². The van der Waals surface area contributed by atoms with E-state index < -0.39 is 0 Å². The van der Waals surface area contributed by atoms with E-state index >= 15 is 0 Å². The summed E-state index contributed by atoms with van der Waals surface area (Å²) in [5, 5.41) is 9.07. The van der Waals surface area contributed by atoms with Crippen LogP contribution in [0.2, 0.25) is 0 Å². The van der Waals surface area contributed by atoms with E-state index in [1.54, 1.807) is 6.08 Å². The Morgan fingerprint density at radius 2 is 1.90 bits per heavy atom. The lowest BCUT2D eigenvalue weighted by atomic mass is 9.86. The minimum absolute atomic E-state index is 0.209. The van der Waals surface area contributed by atoms with E-state index in [0.29, 0.717) is 5.76 Å². The first-order valence-corrected chi connectivity index (χ1v) is 3.59. The Kier molecular flexibility index (Phi) is 1.59. The lowest BCUT2D eigenvalue weighted by molar-refractivity contribution is 0.386. The minimum atomic E-state index is 0.209. The summed E-state index contributed by atoms with van der Waals surface area (Å²) in [7, 11) is 0. The smallest absolute Gasteiger partial charge is 0.0963 e. The molecule has 0 amide bonds. The largest absolute Gasteiger partial charge is 0.512 e. The third-order valence-electron chi connectivity index (χ3n) is 1.81. The summed E-state index contributed by atoms with van der Waals surface area (Å²) in [6, 6.07) is 0. The molecule has 0 saturated heterocycles. The zero-order valence-corrected chi connectivity index (χ0v) is 6.81. The molecule has 0 saturated carbocycles. The molecular formula is C9H14O. The van der Waals surface area contributed by atoms with Gasteiger partial charge >= 0.3 is 0 Å². The van der Waals surface area contributed by atoms with Crippen LogP contribution in [0.1, 0.15) is 27.2 Å². The van der Waals surface area contributed by atoms with Crippen LogP contribution in [0.4, 0.5) is 0 Å². The summed E-state index contributed by atoms with van der Waals surface area (Å²) in [5.41, 5.74) is 1.52. The van der Waals surface area contributed by atoms with E-state index in [2.05, 4.69) is 20.8 Å². The number of hydrogen-bond donors (Lipinski definition) is 1. The first-order chi connectivity index (χ1) is 4.50. The second kappa shape index (κ2) is 2.15. The fourth-order valence-electron chi connectivity index (χ4n) is 1.02. The Labute approximate surface area is 62.1 Å². The Morgan fingerprint density at radius 3 is 2.10 bits per heavy atom. The second-order valence-electron chi connectivity index (χ2n) is 3.78. The van der Waals surface area contributed by atoms with Crippen LogP contribution in [0.3, 0.4) is 0 Å². The van der Waals surface area contributed by atoms with Crippen LogP contribution < -0.4 is 0 Å². The zero-order valence-electron chi connectivity index (χ0n) is 6.81. The van der Waals surface area contributed by atoms with Crippen LogP contribution in [-0.4, -0.2) is 5.11 Å². The molecule has 0 aromatic rings. The molecule has 1 rings (SSSR count). The van der Waals surface area contributed by atoms with Gasteiger partial charge < -0.3 is 5.11 Å². The summed E-state index contributed by atoms with van der Waals surface area (Å²) in [6.45, 7) is 6.47. The number of aliphatic hydroxyl groups is 1. The van der Waals surface area contributed by atoms with Crippen LogP contribution >= 0.6 is 0 Å². The third-order valence-corrected chi connectivity index (χ3v) is 1.81. The average Bonchev–Trinajstić information content (AvgIpc) is 2.11. The Bertz CT molecular complexity index is 191. The quantitative estimate of drug-likeness (QED) is 0.545. The van der Waals surface area contributed by atoms with Crippen molar-refractivity contribution in [1.29, 1.82) is 0 Å². The maximum absolute atomic E-state index is 9.07. The van der Waals surface area contributed by atoms with Crippen LogP contribution in [0.25, 0.3) is 0 Å².